The van der Waals surface area contributed by atoms with Gasteiger partial charge in [0.2, 0.25) is 0 Å². The lowest BCUT2D eigenvalue weighted by atomic mass is 10.2. The Morgan fingerprint density at radius 1 is 1.58 bits per heavy atom. The van der Waals surface area contributed by atoms with E-state index in [1.54, 1.807) is 0 Å². The summed E-state index contributed by atoms with van der Waals surface area (Å²) in [5.74, 6) is -0.124. The maximum Gasteiger partial charge on any atom is 0.305 e. The summed E-state index contributed by atoms with van der Waals surface area (Å²) in [7, 11) is 0. The number of esters is 1. The molecule has 72 valence electrons. The number of nitrogens with two attached hydrogens (primary N) is 1. The third kappa shape index (κ3) is 7.54. The fraction of sp³-hybridized carbons (Fsp3) is 0.889. The Balaban J connectivity index is 3.22. The van der Waals surface area contributed by atoms with Crippen LogP contribution in [0.25, 0.3) is 0 Å². The molecule has 0 aromatic carbocycles. The van der Waals surface area contributed by atoms with Crippen molar-refractivity contribution < 1.29 is 9.53 Å². The van der Waals surface area contributed by atoms with Crippen LogP contribution in [0.15, 0.2) is 0 Å². The van der Waals surface area contributed by atoms with Crippen LogP contribution >= 0.6 is 0 Å². The molecule has 0 aliphatic heterocycles. The lowest BCUT2D eigenvalue weighted by Gasteiger charge is -2.05. The van der Waals surface area contributed by atoms with Gasteiger partial charge in [0.05, 0.1) is 6.61 Å². The molecule has 0 aliphatic carbocycles. The monoisotopic (exact) mass is 173 g/mol. The van der Waals surface area contributed by atoms with E-state index in [0.717, 1.165) is 12.8 Å². The van der Waals surface area contributed by atoms with Crippen LogP contribution in [0.4, 0.5) is 0 Å². The van der Waals surface area contributed by atoms with Crippen LogP contribution in [-0.2, 0) is 9.53 Å². The highest BCUT2D eigenvalue weighted by Crippen LogP contribution is 1.97. The molecule has 3 nitrogen and oxygen atoms in total. The van der Waals surface area contributed by atoms with E-state index in [4.69, 9.17) is 10.5 Å². The number of ether oxygens (including phenoxy) is 1. The van der Waals surface area contributed by atoms with E-state index in [2.05, 4.69) is 6.92 Å². The molecule has 0 aliphatic rings. The number of unbranched alkanes of at least 4 members (excludes halogenated alkanes) is 1. The first kappa shape index (κ1) is 11.4. The van der Waals surface area contributed by atoms with Gasteiger partial charge in [-0.05, 0) is 19.8 Å². The van der Waals surface area contributed by atoms with Crippen molar-refractivity contribution in [1.82, 2.24) is 0 Å². The molecular weight excluding hydrogens is 154 g/mol. The maximum absolute atomic E-state index is 10.9. The molecule has 0 heterocycles. The van der Waals surface area contributed by atoms with Crippen molar-refractivity contribution in [2.75, 3.05) is 6.61 Å². The normalized spacial score (nSPS) is 12.6. The summed E-state index contributed by atoms with van der Waals surface area (Å²) in [6.45, 7) is 4.50. The van der Waals surface area contributed by atoms with Crippen LogP contribution in [0.5, 0.6) is 0 Å². The average molecular weight is 173 g/mol. The van der Waals surface area contributed by atoms with E-state index in [9.17, 15) is 4.79 Å². The molecule has 1 atom stereocenters. The molecule has 3 heteroatoms. The Labute approximate surface area is 74.3 Å². The summed E-state index contributed by atoms with van der Waals surface area (Å²) >= 11 is 0. The standard InChI is InChI=1S/C9H19NO2/c1-3-4-7-12-9(11)6-5-8(2)10/h8H,3-7,10H2,1-2H3. The van der Waals surface area contributed by atoms with E-state index in [-0.39, 0.29) is 12.0 Å². The van der Waals surface area contributed by atoms with E-state index >= 15 is 0 Å². The number of carbonyl (C=O) groups is 1. The Morgan fingerprint density at radius 2 is 2.25 bits per heavy atom. The van der Waals surface area contributed by atoms with Gasteiger partial charge in [-0.15, -0.1) is 0 Å². The van der Waals surface area contributed by atoms with Crippen LogP contribution in [0.2, 0.25) is 0 Å². The first-order valence-electron chi connectivity index (χ1n) is 4.58. The van der Waals surface area contributed by atoms with Crippen molar-refractivity contribution in [3.63, 3.8) is 0 Å². The summed E-state index contributed by atoms with van der Waals surface area (Å²) < 4.78 is 4.94. The van der Waals surface area contributed by atoms with Crippen molar-refractivity contribution in [3.8, 4) is 0 Å². The van der Waals surface area contributed by atoms with Crippen molar-refractivity contribution in [1.29, 1.82) is 0 Å². The molecule has 0 bridgehead atoms. The van der Waals surface area contributed by atoms with Gasteiger partial charge in [-0.2, -0.15) is 0 Å². The molecule has 0 aromatic rings. The van der Waals surface area contributed by atoms with Gasteiger partial charge in [-0.1, -0.05) is 13.3 Å². The third-order valence-electron chi connectivity index (χ3n) is 1.56. The molecule has 0 rings (SSSR count). The van der Waals surface area contributed by atoms with Crippen molar-refractivity contribution in [2.24, 2.45) is 5.73 Å². The largest absolute Gasteiger partial charge is 0.466 e. The minimum Gasteiger partial charge on any atom is -0.466 e. The summed E-state index contributed by atoms with van der Waals surface area (Å²) in [5.41, 5.74) is 5.49. The number of rotatable bonds is 6. The summed E-state index contributed by atoms with van der Waals surface area (Å²) in [6.07, 6.45) is 3.16. The van der Waals surface area contributed by atoms with Crippen LogP contribution < -0.4 is 5.73 Å². The molecule has 0 aromatic heterocycles. The third-order valence-corrected chi connectivity index (χ3v) is 1.56. The van der Waals surface area contributed by atoms with Gasteiger partial charge < -0.3 is 10.5 Å². The number of hydrogen-bond donors (Lipinski definition) is 1. The molecule has 0 radical (unpaired) electrons. The molecule has 0 amide bonds. The van der Waals surface area contributed by atoms with Crippen LogP contribution in [0.3, 0.4) is 0 Å². The molecule has 0 saturated heterocycles. The average Bonchev–Trinajstić information content (AvgIpc) is 2.01. The zero-order valence-corrected chi connectivity index (χ0v) is 8.01. The fourth-order valence-electron chi connectivity index (χ4n) is 0.748. The highest BCUT2D eigenvalue weighted by atomic mass is 16.5. The predicted molar refractivity (Wildman–Crippen MR) is 48.8 cm³/mol. The highest BCUT2D eigenvalue weighted by Gasteiger charge is 2.03. The summed E-state index contributed by atoms with van der Waals surface area (Å²) in [6, 6.07) is 0.0868. The smallest absolute Gasteiger partial charge is 0.305 e. The quantitative estimate of drug-likeness (QED) is 0.488. The van der Waals surface area contributed by atoms with Gasteiger partial charge in [0.1, 0.15) is 0 Å². The highest BCUT2D eigenvalue weighted by molar-refractivity contribution is 5.69. The van der Waals surface area contributed by atoms with Crippen LogP contribution in [0, 0.1) is 0 Å². The van der Waals surface area contributed by atoms with Gasteiger partial charge in [0, 0.05) is 12.5 Å². The van der Waals surface area contributed by atoms with E-state index < -0.39 is 0 Å². The summed E-state index contributed by atoms with van der Waals surface area (Å²) in [4.78, 5) is 10.9. The Morgan fingerprint density at radius 3 is 2.75 bits per heavy atom. The van der Waals surface area contributed by atoms with Gasteiger partial charge >= 0.3 is 5.97 Å². The SMILES string of the molecule is CCCCOC(=O)CCC(C)N. The number of hydrogen-bond acceptors (Lipinski definition) is 3. The predicted octanol–water partition coefficient (Wildman–Crippen LogP) is 1.46. The van der Waals surface area contributed by atoms with E-state index in [1.165, 1.54) is 0 Å². The molecule has 2 N–H and O–H groups in total. The van der Waals surface area contributed by atoms with Crippen molar-refractivity contribution in [3.05, 3.63) is 0 Å². The van der Waals surface area contributed by atoms with E-state index in [1.807, 2.05) is 6.92 Å². The van der Waals surface area contributed by atoms with Crippen molar-refractivity contribution in [2.45, 2.75) is 45.6 Å². The second-order valence-corrected chi connectivity index (χ2v) is 3.09. The topological polar surface area (TPSA) is 52.3 Å². The Hall–Kier alpha value is -0.570. The molecule has 0 spiro atoms. The molecular formula is C9H19NO2. The van der Waals surface area contributed by atoms with Gasteiger partial charge in [-0.3, -0.25) is 4.79 Å². The maximum atomic E-state index is 10.9. The Kier molecular flexibility index (Phi) is 6.76. The van der Waals surface area contributed by atoms with Crippen LogP contribution in [-0.4, -0.2) is 18.6 Å². The lowest BCUT2D eigenvalue weighted by Crippen LogP contribution is -2.17. The minimum absolute atomic E-state index is 0.0868. The van der Waals surface area contributed by atoms with Gasteiger partial charge in [0.25, 0.3) is 0 Å². The first-order chi connectivity index (χ1) is 5.66. The first-order valence-corrected chi connectivity index (χ1v) is 4.58. The second-order valence-electron chi connectivity index (χ2n) is 3.09. The molecule has 1 unspecified atom stereocenters. The van der Waals surface area contributed by atoms with Crippen molar-refractivity contribution >= 4 is 5.97 Å². The minimum atomic E-state index is -0.124. The zero-order valence-electron chi connectivity index (χ0n) is 8.01. The number of carbonyl (C=O) groups excluding carboxylic acids is 1. The second kappa shape index (κ2) is 7.10. The molecule has 0 saturated carbocycles. The van der Waals surface area contributed by atoms with Gasteiger partial charge in [-0.25, -0.2) is 0 Å². The van der Waals surface area contributed by atoms with Gasteiger partial charge in [0.15, 0.2) is 0 Å². The Bertz CT molecular complexity index is 124. The zero-order chi connectivity index (χ0) is 9.40. The van der Waals surface area contributed by atoms with Crippen LogP contribution in [0.1, 0.15) is 39.5 Å². The fourth-order valence-corrected chi connectivity index (χ4v) is 0.748. The lowest BCUT2D eigenvalue weighted by molar-refractivity contribution is -0.143. The van der Waals surface area contributed by atoms with E-state index in [0.29, 0.717) is 19.4 Å². The molecule has 12 heavy (non-hydrogen) atoms. The molecule has 0 fully saturated rings. The summed E-state index contributed by atoms with van der Waals surface area (Å²) in [5, 5.41) is 0.